The first kappa shape index (κ1) is 15.4. The fourth-order valence-electron chi connectivity index (χ4n) is 2.43. The third kappa shape index (κ3) is 3.89. The van der Waals surface area contributed by atoms with E-state index in [4.69, 9.17) is 11.0 Å². The minimum absolute atomic E-state index is 0.471. The lowest BCUT2D eigenvalue weighted by Gasteiger charge is -2.35. The fourth-order valence-corrected chi connectivity index (χ4v) is 2.43. The third-order valence-corrected chi connectivity index (χ3v) is 3.41. The summed E-state index contributed by atoms with van der Waals surface area (Å²) in [5.41, 5.74) is 8.54. The number of hydrogen-bond donors (Lipinski definition) is 1. The van der Waals surface area contributed by atoms with E-state index in [1.54, 1.807) is 6.07 Å². The van der Waals surface area contributed by atoms with Crippen molar-refractivity contribution in [3.8, 4) is 6.07 Å². The number of rotatable bonds is 6. The van der Waals surface area contributed by atoms with Crippen LogP contribution in [0, 0.1) is 17.2 Å². The van der Waals surface area contributed by atoms with Crippen LogP contribution in [0.2, 0.25) is 0 Å². The van der Waals surface area contributed by atoms with Crippen LogP contribution in [0.25, 0.3) is 0 Å². The molecule has 0 aliphatic rings. The van der Waals surface area contributed by atoms with E-state index in [9.17, 15) is 0 Å². The molecule has 104 valence electrons. The Balaban J connectivity index is 3.19. The highest BCUT2D eigenvalue weighted by Crippen LogP contribution is 2.29. The van der Waals surface area contributed by atoms with Crippen LogP contribution in [0.15, 0.2) is 18.2 Å². The SMILES string of the molecule is CCC(CC)N(CC(C)C)c1cc(C#N)ccc1N. The van der Waals surface area contributed by atoms with Crippen LogP contribution in [-0.4, -0.2) is 12.6 Å². The first-order valence-electron chi connectivity index (χ1n) is 7.09. The lowest BCUT2D eigenvalue weighted by Crippen LogP contribution is -2.37. The van der Waals surface area contributed by atoms with Gasteiger partial charge in [0.25, 0.3) is 0 Å². The lowest BCUT2D eigenvalue weighted by atomic mass is 10.0. The van der Waals surface area contributed by atoms with Gasteiger partial charge in [-0.1, -0.05) is 27.7 Å². The molecule has 0 heterocycles. The van der Waals surface area contributed by atoms with Gasteiger partial charge in [0.1, 0.15) is 0 Å². The molecule has 19 heavy (non-hydrogen) atoms. The average Bonchev–Trinajstić information content (AvgIpc) is 2.39. The number of nitriles is 1. The van der Waals surface area contributed by atoms with Crippen molar-refractivity contribution in [3.05, 3.63) is 23.8 Å². The van der Waals surface area contributed by atoms with Crippen molar-refractivity contribution in [2.45, 2.75) is 46.6 Å². The molecule has 3 nitrogen and oxygen atoms in total. The second-order valence-corrected chi connectivity index (χ2v) is 5.40. The van der Waals surface area contributed by atoms with Gasteiger partial charge in [0, 0.05) is 12.6 Å². The van der Waals surface area contributed by atoms with E-state index in [0.29, 0.717) is 17.5 Å². The molecule has 0 aliphatic heterocycles. The highest BCUT2D eigenvalue weighted by atomic mass is 15.2. The maximum atomic E-state index is 9.06. The Kier molecular flexibility index (Phi) is 5.69. The predicted octanol–water partition coefficient (Wildman–Crippen LogP) is 3.79. The van der Waals surface area contributed by atoms with Crippen molar-refractivity contribution < 1.29 is 0 Å². The zero-order valence-electron chi connectivity index (χ0n) is 12.5. The second-order valence-electron chi connectivity index (χ2n) is 5.40. The molecule has 1 aromatic carbocycles. The molecule has 0 amide bonds. The third-order valence-electron chi connectivity index (χ3n) is 3.41. The summed E-state index contributed by atoms with van der Waals surface area (Å²) in [4.78, 5) is 2.36. The molecule has 0 radical (unpaired) electrons. The first-order chi connectivity index (χ1) is 9.03. The summed E-state index contributed by atoms with van der Waals surface area (Å²) >= 11 is 0. The Labute approximate surface area is 117 Å². The Morgan fingerprint density at radius 1 is 1.26 bits per heavy atom. The van der Waals surface area contributed by atoms with Crippen molar-refractivity contribution in [1.29, 1.82) is 5.26 Å². The minimum atomic E-state index is 0.471. The molecule has 0 fully saturated rings. The van der Waals surface area contributed by atoms with Gasteiger partial charge in [-0.25, -0.2) is 0 Å². The maximum Gasteiger partial charge on any atom is 0.0992 e. The van der Waals surface area contributed by atoms with E-state index in [2.05, 4.69) is 38.7 Å². The number of anilines is 2. The number of nitrogens with zero attached hydrogens (tertiary/aromatic N) is 2. The first-order valence-corrected chi connectivity index (χ1v) is 7.09. The van der Waals surface area contributed by atoms with Crippen LogP contribution in [0.5, 0.6) is 0 Å². The molecule has 0 bridgehead atoms. The topological polar surface area (TPSA) is 53.0 Å². The number of nitrogens with two attached hydrogens (primary N) is 1. The van der Waals surface area contributed by atoms with Gasteiger partial charge in [0.2, 0.25) is 0 Å². The Hall–Kier alpha value is -1.69. The molecule has 0 saturated heterocycles. The summed E-state index contributed by atoms with van der Waals surface area (Å²) in [5, 5.41) is 9.06. The molecule has 0 aliphatic carbocycles. The summed E-state index contributed by atoms with van der Waals surface area (Å²) < 4.78 is 0. The quantitative estimate of drug-likeness (QED) is 0.791. The largest absolute Gasteiger partial charge is 0.397 e. The second kappa shape index (κ2) is 7.04. The summed E-state index contributed by atoms with van der Waals surface area (Å²) in [5.74, 6) is 0.561. The van der Waals surface area contributed by atoms with Crippen molar-refractivity contribution in [3.63, 3.8) is 0 Å². The summed E-state index contributed by atoms with van der Waals surface area (Å²) in [6.07, 6.45) is 2.17. The summed E-state index contributed by atoms with van der Waals surface area (Å²) in [6, 6.07) is 8.19. The minimum Gasteiger partial charge on any atom is -0.397 e. The van der Waals surface area contributed by atoms with Crippen LogP contribution in [0.1, 0.15) is 46.1 Å². The van der Waals surface area contributed by atoms with Gasteiger partial charge in [-0.15, -0.1) is 0 Å². The van der Waals surface area contributed by atoms with E-state index in [1.165, 1.54) is 0 Å². The van der Waals surface area contributed by atoms with Crippen LogP contribution in [-0.2, 0) is 0 Å². The van der Waals surface area contributed by atoms with Crippen molar-refractivity contribution in [2.24, 2.45) is 5.92 Å². The van der Waals surface area contributed by atoms with Gasteiger partial charge in [-0.2, -0.15) is 5.26 Å². The molecule has 1 rings (SSSR count). The lowest BCUT2D eigenvalue weighted by molar-refractivity contribution is 0.508. The summed E-state index contributed by atoms with van der Waals surface area (Å²) in [7, 11) is 0. The average molecular weight is 259 g/mol. The van der Waals surface area contributed by atoms with Gasteiger partial charge in [0.15, 0.2) is 0 Å². The molecule has 0 atom stereocenters. The van der Waals surface area contributed by atoms with E-state index < -0.39 is 0 Å². The number of benzene rings is 1. The molecule has 3 heteroatoms. The van der Waals surface area contributed by atoms with Gasteiger partial charge >= 0.3 is 0 Å². The Morgan fingerprint density at radius 3 is 2.37 bits per heavy atom. The van der Waals surface area contributed by atoms with Crippen LogP contribution < -0.4 is 10.6 Å². The molecule has 0 unspecified atom stereocenters. The molecule has 0 spiro atoms. The molecule has 0 saturated carbocycles. The van der Waals surface area contributed by atoms with E-state index in [-0.39, 0.29) is 0 Å². The van der Waals surface area contributed by atoms with Crippen LogP contribution in [0.3, 0.4) is 0 Å². The standard InChI is InChI=1S/C16H25N3/c1-5-14(6-2)19(11-12(3)4)16-9-13(10-17)7-8-15(16)18/h7-9,12,14H,5-6,11,18H2,1-4H3. The zero-order valence-corrected chi connectivity index (χ0v) is 12.5. The van der Waals surface area contributed by atoms with Crippen molar-refractivity contribution in [1.82, 2.24) is 0 Å². The van der Waals surface area contributed by atoms with E-state index in [1.807, 2.05) is 12.1 Å². The normalized spacial score (nSPS) is 10.8. The van der Waals surface area contributed by atoms with Crippen molar-refractivity contribution in [2.75, 3.05) is 17.2 Å². The molecule has 1 aromatic rings. The van der Waals surface area contributed by atoms with Crippen molar-refractivity contribution >= 4 is 11.4 Å². The Bertz CT molecular complexity index is 442. The highest BCUT2D eigenvalue weighted by molar-refractivity contribution is 5.70. The van der Waals surface area contributed by atoms with E-state index in [0.717, 1.165) is 30.8 Å². The number of hydrogen-bond acceptors (Lipinski definition) is 3. The van der Waals surface area contributed by atoms with Gasteiger partial charge in [-0.3, -0.25) is 0 Å². The van der Waals surface area contributed by atoms with Crippen LogP contribution in [0.4, 0.5) is 11.4 Å². The molecule has 0 aromatic heterocycles. The summed E-state index contributed by atoms with van der Waals surface area (Å²) in [6.45, 7) is 9.78. The van der Waals surface area contributed by atoms with E-state index >= 15 is 0 Å². The molecular formula is C16H25N3. The number of nitrogen functional groups attached to an aromatic ring is 1. The van der Waals surface area contributed by atoms with Gasteiger partial charge < -0.3 is 10.6 Å². The molecule has 2 N–H and O–H groups in total. The van der Waals surface area contributed by atoms with Crippen LogP contribution >= 0.6 is 0 Å². The Morgan fingerprint density at radius 2 is 1.89 bits per heavy atom. The predicted molar refractivity (Wildman–Crippen MR) is 82.1 cm³/mol. The zero-order chi connectivity index (χ0) is 14.4. The fraction of sp³-hybridized carbons (Fsp3) is 0.562. The highest BCUT2D eigenvalue weighted by Gasteiger charge is 2.19. The monoisotopic (exact) mass is 259 g/mol. The van der Waals surface area contributed by atoms with Gasteiger partial charge in [-0.05, 0) is 37.0 Å². The van der Waals surface area contributed by atoms with Gasteiger partial charge in [0.05, 0.1) is 23.0 Å². The maximum absolute atomic E-state index is 9.06. The smallest absolute Gasteiger partial charge is 0.0992 e. The molecular weight excluding hydrogens is 234 g/mol.